The number of benzene rings is 1. The molecule has 1 aromatic rings. The van der Waals surface area contributed by atoms with Crippen LogP contribution in [-0.4, -0.2) is 30.8 Å². The van der Waals surface area contributed by atoms with E-state index in [1.165, 1.54) is 18.5 Å². The van der Waals surface area contributed by atoms with Gasteiger partial charge >= 0.3 is 0 Å². The fourth-order valence-corrected chi connectivity index (χ4v) is 2.29. The van der Waals surface area contributed by atoms with E-state index in [0.29, 0.717) is 11.8 Å². The highest BCUT2D eigenvalue weighted by atomic mass is 16.3. The van der Waals surface area contributed by atoms with Gasteiger partial charge in [0.05, 0.1) is 0 Å². The summed E-state index contributed by atoms with van der Waals surface area (Å²) in [5, 5.41) is 12.7. The van der Waals surface area contributed by atoms with Gasteiger partial charge < -0.3 is 15.3 Å². The van der Waals surface area contributed by atoms with E-state index in [0.717, 1.165) is 19.6 Å². The molecule has 3 nitrogen and oxygen atoms in total. The van der Waals surface area contributed by atoms with Crippen molar-refractivity contribution in [3.8, 4) is 5.75 Å². The van der Waals surface area contributed by atoms with Crippen molar-refractivity contribution in [3.63, 3.8) is 0 Å². The number of piperidine rings is 1. The number of anilines is 1. The van der Waals surface area contributed by atoms with Gasteiger partial charge in [-0.3, -0.25) is 0 Å². The number of hydrogen-bond donors (Lipinski definition) is 2. The lowest BCUT2D eigenvalue weighted by atomic mass is 10.0. The van der Waals surface area contributed by atoms with Crippen LogP contribution in [0.2, 0.25) is 0 Å². The zero-order valence-corrected chi connectivity index (χ0v) is 9.82. The molecule has 3 heteroatoms. The Kier molecular flexibility index (Phi) is 3.67. The molecule has 0 amide bonds. The van der Waals surface area contributed by atoms with E-state index in [4.69, 9.17) is 0 Å². The molecule has 0 spiro atoms. The highest BCUT2D eigenvalue weighted by Gasteiger charge is 2.18. The summed E-state index contributed by atoms with van der Waals surface area (Å²) in [4.78, 5) is 2.38. The molecular weight excluding hydrogens is 200 g/mol. The number of nitrogens with one attached hydrogen (secondary N) is 1. The first-order valence-corrected chi connectivity index (χ1v) is 6.07. The highest BCUT2D eigenvalue weighted by Crippen LogP contribution is 2.22. The van der Waals surface area contributed by atoms with Crippen molar-refractivity contribution in [2.75, 3.05) is 24.5 Å². The van der Waals surface area contributed by atoms with Gasteiger partial charge in [0, 0.05) is 24.8 Å². The third kappa shape index (κ3) is 2.67. The van der Waals surface area contributed by atoms with Crippen LogP contribution in [0.5, 0.6) is 5.75 Å². The van der Waals surface area contributed by atoms with Crippen LogP contribution >= 0.6 is 0 Å². The summed E-state index contributed by atoms with van der Waals surface area (Å²) in [5.74, 6) is 0.339. The fraction of sp³-hybridized carbons (Fsp3) is 0.538. The Morgan fingerprint density at radius 3 is 2.44 bits per heavy atom. The molecule has 1 aromatic carbocycles. The van der Waals surface area contributed by atoms with Crippen molar-refractivity contribution in [1.29, 1.82) is 0 Å². The predicted molar refractivity (Wildman–Crippen MR) is 67.0 cm³/mol. The highest BCUT2D eigenvalue weighted by molar-refractivity contribution is 5.49. The molecule has 1 aliphatic heterocycles. The number of phenols is 1. The van der Waals surface area contributed by atoms with Gasteiger partial charge in [-0.2, -0.15) is 0 Å². The lowest BCUT2D eigenvalue weighted by molar-refractivity contribution is 0.423. The first kappa shape index (κ1) is 11.3. The van der Waals surface area contributed by atoms with E-state index in [1.807, 2.05) is 12.1 Å². The van der Waals surface area contributed by atoms with Crippen molar-refractivity contribution in [3.05, 3.63) is 24.3 Å². The second kappa shape index (κ2) is 5.21. The second-order valence-corrected chi connectivity index (χ2v) is 4.34. The summed E-state index contributed by atoms with van der Waals surface area (Å²) < 4.78 is 0. The minimum atomic E-state index is 0.339. The number of phenolic OH excluding ortho intramolecular Hbond substituents is 1. The molecule has 0 unspecified atom stereocenters. The van der Waals surface area contributed by atoms with Crippen LogP contribution in [0.15, 0.2) is 24.3 Å². The zero-order chi connectivity index (χ0) is 11.4. The Bertz CT molecular complexity index is 315. The average Bonchev–Trinajstić information content (AvgIpc) is 2.32. The van der Waals surface area contributed by atoms with Gasteiger partial charge in [0.2, 0.25) is 0 Å². The minimum absolute atomic E-state index is 0.339. The molecule has 0 bridgehead atoms. The average molecular weight is 220 g/mol. The summed E-state index contributed by atoms with van der Waals surface area (Å²) >= 11 is 0. The largest absolute Gasteiger partial charge is 0.508 e. The number of nitrogens with zero attached hydrogens (tertiary/aromatic N) is 1. The van der Waals surface area contributed by atoms with Gasteiger partial charge in [0.25, 0.3) is 0 Å². The SMILES string of the molecule is CCNC1CCN(c2ccc(O)cc2)CC1. The molecule has 16 heavy (non-hydrogen) atoms. The Morgan fingerprint density at radius 2 is 1.88 bits per heavy atom. The summed E-state index contributed by atoms with van der Waals surface area (Å²) in [6.07, 6.45) is 2.41. The Morgan fingerprint density at radius 1 is 1.25 bits per heavy atom. The maximum atomic E-state index is 9.24. The van der Waals surface area contributed by atoms with Crippen LogP contribution in [0.4, 0.5) is 5.69 Å². The summed E-state index contributed by atoms with van der Waals surface area (Å²) in [5.41, 5.74) is 1.22. The fourth-order valence-electron chi connectivity index (χ4n) is 2.29. The van der Waals surface area contributed by atoms with Crippen molar-refractivity contribution in [1.82, 2.24) is 5.32 Å². The van der Waals surface area contributed by atoms with Crippen LogP contribution in [0, 0.1) is 0 Å². The van der Waals surface area contributed by atoms with Crippen molar-refractivity contribution < 1.29 is 5.11 Å². The molecule has 1 fully saturated rings. The summed E-state index contributed by atoms with van der Waals surface area (Å²) in [7, 11) is 0. The van der Waals surface area contributed by atoms with E-state index in [9.17, 15) is 5.11 Å². The molecule has 1 saturated heterocycles. The number of hydrogen-bond acceptors (Lipinski definition) is 3. The van der Waals surface area contributed by atoms with E-state index in [-0.39, 0.29) is 0 Å². The van der Waals surface area contributed by atoms with Crippen molar-refractivity contribution in [2.24, 2.45) is 0 Å². The van der Waals surface area contributed by atoms with E-state index in [2.05, 4.69) is 17.1 Å². The maximum absolute atomic E-state index is 9.24. The first-order valence-electron chi connectivity index (χ1n) is 6.07. The molecule has 1 aliphatic rings. The lowest BCUT2D eigenvalue weighted by Crippen LogP contribution is -2.42. The summed E-state index contributed by atoms with van der Waals surface area (Å²) in [6.45, 7) is 5.42. The van der Waals surface area contributed by atoms with E-state index < -0.39 is 0 Å². The summed E-state index contributed by atoms with van der Waals surface area (Å²) in [6, 6.07) is 8.17. The van der Waals surface area contributed by atoms with Gasteiger partial charge in [0.15, 0.2) is 0 Å². The third-order valence-corrected chi connectivity index (χ3v) is 3.20. The third-order valence-electron chi connectivity index (χ3n) is 3.20. The van der Waals surface area contributed by atoms with Crippen molar-refractivity contribution >= 4 is 5.69 Å². The molecule has 0 saturated carbocycles. The predicted octanol–water partition coefficient (Wildman–Crippen LogP) is 1.97. The van der Waals surface area contributed by atoms with Crippen LogP contribution in [0.25, 0.3) is 0 Å². The van der Waals surface area contributed by atoms with E-state index in [1.54, 1.807) is 12.1 Å². The molecule has 88 valence electrons. The van der Waals surface area contributed by atoms with Gasteiger partial charge in [0.1, 0.15) is 5.75 Å². The standard InChI is InChI=1S/C13H20N2O/c1-2-14-11-7-9-15(10-8-11)12-3-5-13(16)6-4-12/h3-6,11,14,16H,2,7-10H2,1H3. The molecule has 2 N–H and O–H groups in total. The van der Waals surface area contributed by atoms with E-state index >= 15 is 0 Å². The molecule has 1 heterocycles. The smallest absolute Gasteiger partial charge is 0.115 e. The van der Waals surface area contributed by atoms with Gasteiger partial charge in [-0.25, -0.2) is 0 Å². The van der Waals surface area contributed by atoms with Crippen LogP contribution in [0.1, 0.15) is 19.8 Å². The molecule has 0 atom stereocenters. The molecule has 0 aromatic heterocycles. The Labute approximate surface area is 97.1 Å². The molecule has 0 radical (unpaired) electrons. The molecular formula is C13H20N2O. The van der Waals surface area contributed by atoms with Gasteiger partial charge in [-0.1, -0.05) is 6.92 Å². The zero-order valence-electron chi connectivity index (χ0n) is 9.82. The van der Waals surface area contributed by atoms with Gasteiger partial charge in [-0.15, -0.1) is 0 Å². The normalized spacial score (nSPS) is 17.7. The van der Waals surface area contributed by atoms with Gasteiger partial charge in [-0.05, 0) is 43.7 Å². The van der Waals surface area contributed by atoms with Crippen LogP contribution in [-0.2, 0) is 0 Å². The molecule has 2 rings (SSSR count). The molecule has 0 aliphatic carbocycles. The van der Waals surface area contributed by atoms with Crippen molar-refractivity contribution in [2.45, 2.75) is 25.8 Å². The minimum Gasteiger partial charge on any atom is -0.508 e. The monoisotopic (exact) mass is 220 g/mol. The number of aromatic hydroxyl groups is 1. The quantitative estimate of drug-likeness (QED) is 0.817. The maximum Gasteiger partial charge on any atom is 0.115 e. The Hall–Kier alpha value is -1.22. The number of rotatable bonds is 3. The lowest BCUT2D eigenvalue weighted by Gasteiger charge is -2.33. The van der Waals surface area contributed by atoms with Crippen LogP contribution in [0.3, 0.4) is 0 Å². The second-order valence-electron chi connectivity index (χ2n) is 4.34. The van der Waals surface area contributed by atoms with Crippen LogP contribution < -0.4 is 10.2 Å². The Balaban J connectivity index is 1.91. The first-order chi connectivity index (χ1) is 7.79. The topological polar surface area (TPSA) is 35.5 Å².